The third-order valence-corrected chi connectivity index (χ3v) is 3.49. The van der Waals surface area contributed by atoms with Crippen LogP contribution in [0.25, 0.3) is 0 Å². The van der Waals surface area contributed by atoms with E-state index in [1.54, 1.807) is 0 Å². The van der Waals surface area contributed by atoms with Gasteiger partial charge in [-0.25, -0.2) is 9.18 Å². The van der Waals surface area contributed by atoms with Crippen molar-refractivity contribution in [1.82, 2.24) is 4.90 Å². The normalized spacial score (nSPS) is 28.4. The zero-order chi connectivity index (χ0) is 23.2. The Balaban J connectivity index is 4.04. The van der Waals surface area contributed by atoms with Crippen LogP contribution in [0.5, 0.6) is 0 Å². The van der Waals surface area contributed by atoms with Crippen LogP contribution in [0.1, 0.15) is 0 Å². The van der Waals surface area contributed by atoms with Crippen molar-refractivity contribution >= 4 is 5.97 Å². The summed E-state index contributed by atoms with van der Waals surface area (Å²) in [6.45, 7) is 0. The molecule has 1 atom stereocenters. The van der Waals surface area contributed by atoms with Gasteiger partial charge in [0.2, 0.25) is 0 Å². The summed E-state index contributed by atoms with van der Waals surface area (Å²) in [5, 5.41) is 7.92. The fraction of sp³-hybridized carbons (Fsp3) is 0.889. The quantitative estimate of drug-likeness (QED) is 0.505. The molecule has 0 saturated carbocycles. The van der Waals surface area contributed by atoms with Gasteiger partial charge in [-0.05, 0) is 0 Å². The molecule has 0 bridgehead atoms. The Kier molecular flexibility index (Phi) is 4.75. The highest BCUT2D eigenvalue weighted by atomic mass is 19.4. The zero-order valence-corrected chi connectivity index (χ0v) is 11.9. The van der Waals surface area contributed by atoms with Crippen LogP contribution in [-0.4, -0.2) is 63.7 Å². The highest BCUT2D eigenvalue weighted by molar-refractivity contribution is 5.80. The van der Waals surface area contributed by atoms with Crippen LogP contribution in [0.2, 0.25) is 0 Å². The van der Waals surface area contributed by atoms with Crippen LogP contribution < -0.4 is 0 Å². The summed E-state index contributed by atoms with van der Waals surface area (Å²) in [5.41, 5.74) is -7.65. The SMILES string of the molecule is O=C(O)[C@@](F)(C(F)(F)F)C(F)(F)N1C(F)(F)C(F)(F)C(F)(F)C(F)(F)C1(F)F. The molecule has 0 radical (unpaired) electrons. The molecule has 19 heteroatoms. The summed E-state index contributed by atoms with van der Waals surface area (Å²) < 4.78 is 209. The molecule has 0 aromatic heterocycles. The van der Waals surface area contributed by atoms with E-state index in [1.165, 1.54) is 0 Å². The molecule has 0 spiro atoms. The average Bonchev–Trinajstić information content (AvgIpc) is 2.41. The molecule has 0 aromatic rings. The van der Waals surface area contributed by atoms with E-state index in [9.17, 15) is 75.0 Å². The zero-order valence-electron chi connectivity index (χ0n) is 11.9. The minimum Gasteiger partial charge on any atom is -0.478 e. The molecule has 1 fully saturated rings. The molecule has 1 aliphatic rings. The van der Waals surface area contributed by atoms with Crippen molar-refractivity contribution in [3.8, 4) is 0 Å². The smallest absolute Gasteiger partial charge is 0.441 e. The molecular formula is C9HF16NO2. The summed E-state index contributed by atoms with van der Waals surface area (Å²) in [6.07, 6.45) is -7.67. The number of halogens is 16. The lowest BCUT2D eigenvalue weighted by Crippen LogP contribution is -2.87. The Morgan fingerprint density at radius 1 is 0.643 bits per heavy atom. The number of aliphatic carboxylic acids is 1. The minimum atomic E-state index is -8.17. The largest absolute Gasteiger partial charge is 0.478 e. The van der Waals surface area contributed by atoms with Gasteiger partial charge in [0.25, 0.3) is 0 Å². The Bertz CT molecular complexity index is 638. The lowest BCUT2D eigenvalue weighted by molar-refractivity contribution is -0.545. The first-order valence-corrected chi connectivity index (χ1v) is 5.87. The maximum atomic E-state index is 13.6. The van der Waals surface area contributed by atoms with Gasteiger partial charge in [-0.1, -0.05) is 0 Å². The molecule has 1 aliphatic heterocycles. The van der Waals surface area contributed by atoms with Gasteiger partial charge in [0.15, 0.2) is 0 Å². The van der Waals surface area contributed by atoms with E-state index in [0.29, 0.717) is 0 Å². The molecule has 1 heterocycles. The van der Waals surface area contributed by atoms with E-state index < -0.39 is 58.6 Å². The van der Waals surface area contributed by atoms with Crippen LogP contribution in [-0.2, 0) is 4.79 Å². The van der Waals surface area contributed by atoms with Gasteiger partial charge in [-0.3, -0.25) is 0 Å². The van der Waals surface area contributed by atoms with Gasteiger partial charge in [0.1, 0.15) is 0 Å². The van der Waals surface area contributed by atoms with Crippen molar-refractivity contribution in [3.05, 3.63) is 0 Å². The number of nitrogens with zero attached hydrogens (tertiary/aromatic N) is 1. The highest BCUT2D eigenvalue weighted by Gasteiger charge is 3.00. The second-order valence-corrected chi connectivity index (χ2v) is 5.14. The Labute approximate surface area is 140 Å². The molecular weight excluding hydrogens is 458 g/mol. The van der Waals surface area contributed by atoms with Gasteiger partial charge >= 0.3 is 53.7 Å². The number of hydrogen-bond acceptors (Lipinski definition) is 2. The second-order valence-electron chi connectivity index (χ2n) is 5.14. The number of rotatable bonds is 3. The molecule has 1 saturated heterocycles. The Morgan fingerprint density at radius 3 is 1.14 bits per heavy atom. The summed E-state index contributed by atoms with van der Waals surface area (Å²) >= 11 is 0. The highest BCUT2D eigenvalue weighted by Crippen LogP contribution is 2.68. The first-order valence-electron chi connectivity index (χ1n) is 5.87. The molecule has 3 nitrogen and oxygen atoms in total. The molecule has 0 unspecified atom stereocenters. The third-order valence-electron chi connectivity index (χ3n) is 3.49. The Morgan fingerprint density at radius 2 is 0.929 bits per heavy atom. The number of piperidine rings is 1. The molecule has 166 valence electrons. The third kappa shape index (κ3) is 2.27. The predicted octanol–water partition coefficient (Wildman–Crippen LogP) is 4.34. The minimum absolute atomic E-state index is 4.51. The fourth-order valence-corrected chi connectivity index (χ4v) is 1.96. The number of alkyl halides is 16. The molecule has 28 heavy (non-hydrogen) atoms. The fourth-order valence-electron chi connectivity index (χ4n) is 1.96. The molecule has 1 rings (SSSR count). The van der Waals surface area contributed by atoms with Crippen molar-refractivity contribution in [2.75, 3.05) is 0 Å². The van der Waals surface area contributed by atoms with E-state index in [4.69, 9.17) is 5.11 Å². The van der Waals surface area contributed by atoms with Crippen LogP contribution in [0.15, 0.2) is 0 Å². The summed E-state index contributed by atoms with van der Waals surface area (Å²) in [6, 6.07) is -24.2. The van der Waals surface area contributed by atoms with Crippen molar-refractivity contribution < 1.29 is 80.1 Å². The molecule has 0 amide bonds. The van der Waals surface area contributed by atoms with Gasteiger partial charge in [0.05, 0.1) is 0 Å². The van der Waals surface area contributed by atoms with Crippen LogP contribution in [0.3, 0.4) is 0 Å². The number of carboxylic acids is 1. The first-order chi connectivity index (χ1) is 11.8. The van der Waals surface area contributed by atoms with Crippen molar-refractivity contribution in [2.45, 2.75) is 47.8 Å². The van der Waals surface area contributed by atoms with E-state index in [-0.39, 0.29) is 0 Å². The van der Waals surface area contributed by atoms with Gasteiger partial charge in [0, 0.05) is 0 Å². The van der Waals surface area contributed by atoms with Crippen LogP contribution in [0.4, 0.5) is 70.2 Å². The lowest BCUT2D eigenvalue weighted by atomic mass is 9.90. The summed E-state index contributed by atoms with van der Waals surface area (Å²) in [5.74, 6) is -28.4. The van der Waals surface area contributed by atoms with Gasteiger partial charge < -0.3 is 5.11 Å². The van der Waals surface area contributed by atoms with E-state index in [1.807, 2.05) is 0 Å². The maximum absolute atomic E-state index is 13.6. The Hall–Kier alpha value is -1.69. The second kappa shape index (κ2) is 5.47. The van der Waals surface area contributed by atoms with E-state index in [2.05, 4.69) is 0 Å². The topological polar surface area (TPSA) is 40.5 Å². The molecule has 0 aliphatic carbocycles. The lowest BCUT2D eigenvalue weighted by Gasteiger charge is -2.54. The van der Waals surface area contributed by atoms with Gasteiger partial charge in [-0.2, -0.15) is 65.9 Å². The summed E-state index contributed by atoms with van der Waals surface area (Å²) in [7, 11) is 0. The van der Waals surface area contributed by atoms with E-state index in [0.717, 1.165) is 0 Å². The molecule has 1 N–H and O–H groups in total. The van der Waals surface area contributed by atoms with Crippen molar-refractivity contribution in [1.29, 1.82) is 0 Å². The summed E-state index contributed by atoms with van der Waals surface area (Å²) in [4.78, 5) is 5.71. The van der Waals surface area contributed by atoms with Crippen molar-refractivity contribution in [3.63, 3.8) is 0 Å². The molecule has 0 aromatic carbocycles. The standard InChI is InChI=1S/C9HF16NO2/c10-2(1(27)28,6(17,18)19)7(20,21)26-8(22,23)4(13,14)3(11,12)5(15,16)9(26,24)25/h(H,27,28)/t2-/m1/s1. The number of likely N-dealkylation sites (tertiary alicyclic amines) is 1. The van der Waals surface area contributed by atoms with Gasteiger partial charge in [-0.15, -0.1) is 4.90 Å². The number of carboxylic acid groups (broad SMARTS) is 1. The number of carbonyl (C=O) groups is 1. The monoisotopic (exact) mass is 459 g/mol. The first kappa shape index (κ1) is 24.3. The number of hydrogen-bond donors (Lipinski definition) is 1. The predicted molar refractivity (Wildman–Crippen MR) is 49.1 cm³/mol. The van der Waals surface area contributed by atoms with Crippen LogP contribution in [0, 0.1) is 0 Å². The van der Waals surface area contributed by atoms with Crippen molar-refractivity contribution in [2.24, 2.45) is 0 Å². The average molecular weight is 459 g/mol. The van der Waals surface area contributed by atoms with E-state index >= 15 is 0 Å². The maximum Gasteiger partial charge on any atom is 0.441 e. The van der Waals surface area contributed by atoms with Crippen LogP contribution >= 0.6 is 0 Å².